The van der Waals surface area contributed by atoms with Crippen LogP contribution in [0.3, 0.4) is 0 Å². The van der Waals surface area contributed by atoms with E-state index in [1.54, 1.807) is 17.9 Å². The highest BCUT2D eigenvalue weighted by Gasteiger charge is 2.20. The van der Waals surface area contributed by atoms with Crippen molar-refractivity contribution in [2.75, 3.05) is 13.7 Å². The van der Waals surface area contributed by atoms with E-state index >= 15 is 0 Å². The van der Waals surface area contributed by atoms with Crippen molar-refractivity contribution in [3.63, 3.8) is 0 Å². The monoisotopic (exact) mass is 479 g/mol. The summed E-state index contributed by atoms with van der Waals surface area (Å²) in [6.45, 7) is 2.47. The first kappa shape index (κ1) is 24.2. The average molecular weight is 480 g/mol. The van der Waals surface area contributed by atoms with Crippen LogP contribution in [0.1, 0.15) is 24.7 Å². The van der Waals surface area contributed by atoms with Gasteiger partial charge in [0, 0.05) is 26.1 Å². The summed E-state index contributed by atoms with van der Waals surface area (Å²) in [4.78, 5) is 43.9. The van der Waals surface area contributed by atoms with Gasteiger partial charge in [-0.3, -0.25) is 14.2 Å². The fourth-order valence-corrected chi connectivity index (χ4v) is 4.00. The Morgan fingerprint density at radius 1 is 1.14 bits per heavy atom. The molecule has 4 aromatic rings. The number of carbonyl (C=O) groups excluding carboxylic acids is 1. The van der Waals surface area contributed by atoms with E-state index in [4.69, 9.17) is 9.15 Å². The SMILES string of the molecule is COCCn1cnc2c1c(=O)n(CC(=O)NC(C)CCc1ccco1)c(=O)n2Cc1ccccc1. The first-order valence-electron chi connectivity index (χ1n) is 11.5. The smallest absolute Gasteiger partial charge is 0.333 e. The van der Waals surface area contributed by atoms with Crippen molar-refractivity contribution in [1.29, 1.82) is 0 Å². The van der Waals surface area contributed by atoms with Crippen LogP contribution in [-0.2, 0) is 35.6 Å². The number of aromatic nitrogens is 4. The van der Waals surface area contributed by atoms with Gasteiger partial charge in [0.1, 0.15) is 12.3 Å². The molecule has 10 nitrogen and oxygen atoms in total. The minimum Gasteiger partial charge on any atom is -0.469 e. The normalized spacial score (nSPS) is 12.2. The highest BCUT2D eigenvalue weighted by atomic mass is 16.5. The molecule has 184 valence electrons. The van der Waals surface area contributed by atoms with E-state index < -0.39 is 17.2 Å². The highest BCUT2D eigenvalue weighted by Crippen LogP contribution is 2.10. The number of benzene rings is 1. The van der Waals surface area contributed by atoms with Crippen LogP contribution >= 0.6 is 0 Å². The molecule has 0 aliphatic heterocycles. The second-order valence-electron chi connectivity index (χ2n) is 8.44. The van der Waals surface area contributed by atoms with E-state index in [1.165, 1.54) is 10.9 Å². The molecular weight excluding hydrogens is 450 g/mol. The lowest BCUT2D eigenvalue weighted by Gasteiger charge is -2.15. The first-order valence-corrected chi connectivity index (χ1v) is 11.5. The topological polar surface area (TPSA) is 113 Å². The fraction of sp³-hybridized carbons (Fsp3) is 0.360. The Balaban J connectivity index is 1.63. The average Bonchev–Trinajstić information content (AvgIpc) is 3.53. The summed E-state index contributed by atoms with van der Waals surface area (Å²) in [5.74, 6) is 0.422. The third-order valence-electron chi connectivity index (χ3n) is 5.82. The van der Waals surface area contributed by atoms with Gasteiger partial charge in [-0.25, -0.2) is 14.3 Å². The van der Waals surface area contributed by atoms with Crippen molar-refractivity contribution < 1.29 is 13.9 Å². The Morgan fingerprint density at radius 2 is 1.94 bits per heavy atom. The number of aryl methyl sites for hydroxylation is 1. The number of hydrogen-bond acceptors (Lipinski definition) is 6. The molecule has 0 radical (unpaired) electrons. The van der Waals surface area contributed by atoms with Gasteiger partial charge in [-0.2, -0.15) is 0 Å². The lowest BCUT2D eigenvalue weighted by atomic mass is 10.1. The maximum atomic E-state index is 13.4. The van der Waals surface area contributed by atoms with E-state index in [1.807, 2.05) is 49.4 Å². The summed E-state index contributed by atoms with van der Waals surface area (Å²) in [5.41, 5.74) is 0.284. The number of rotatable bonds is 11. The van der Waals surface area contributed by atoms with Gasteiger partial charge in [-0.15, -0.1) is 0 Å². The molecule has 35 heavy (non-hydrogen) atoms. The molecule has 1 N–H and O–H groups in total. The van der Waals surface area contributed by atoms with Crippen LogP contribution in [0.4, 0.5) is 0 Å². The van der Waals surface area contributed by atoms with E-state index in [0.29, 0.717) is 26.0 Å². The number of imidazole rings is 1. The van der Waals surface area contributed by atoms with E-state index in [2.05, 4.69) is 10.3 Å². The number of carbonyl (C=O) groups is 1. The molecular formula is C25H29N5O5. The lowest BCUT2D eigenvalue weighted by molar-refractivity contribution is -0.122. The van der Waals surface area contributed by atoms with E-state index in [0.717, 1.165) is 15.9 Å². The van der Waals surface area contributed by atoms with Crippen molar-refractivity contribution in [2.45, 2.75) is 45.4 Å². The van der Waals surface area contributed by atoms with Gasteiger partial charge in [-0.05, 0) is 31.0 Å². The van der Waals surface area contributed by atoms with Gasteiger partial charge in [-0.1, -0.05) is 30.3 Å². The van der Waals surface area contributed by atoms with Crippen LogP contribution in [-0.4, -0.2) is 44.4 Å². The Morgan fingerprint density at radius 3 is 2.66 bits per heavy atom. The van der Waals surface area contributed by atoms with Crippen LogP contribution in [0, 0.1) is 0 Å². The fourth-order valence-electron chi connectivity index (χ4n) is 4.00. The molecule has 3 aromatic heterocycles. The minimum atomic E-state index is -0.582. The number of nitrogens with zero attached hydrogens (tertiary/aromatic N) is 4. The third kappa shape index (κ3) is 5.60. The molecule has 4 rings (SSSR count). The summed E-state index contributed by atoms with van der Waals surface area (Å²) in [6.07, 6.45) is 4.46. The molecule has 1 unspecified atom stereocenters. The summed E-state index contributed by atoms with van der Waals surface area (Å²) in [7, 11) is 1.57. The molecule has 0 aliphatic carbocycles. The summed E-state index contributed by atoms with van der Waals surface area (Å²) >= 11 is 0. The minimum absolute atomic E-state index is 0.161. The Kier molecular flexibility index (Phi) is 7.61. The molecule has 1 aromatic carbocycles. The summed E-state index contributed by atoms with van der Waals surface area (Å²) in [5, 5.41) is 2.87. The molecule has 0 bridgehead atoms. The van der Waals surface area contributed by atoms with E-state index in [-0.39, 0.29) is 30.3 Å². The number of nitrogens with one attached hydrogen (secondary N) is 1. The van der Waals surface area contributed by atoms with Crippen molar-refractivity contribution in [1.82, 2.24) is 24.0 Å². The van der Waals surface area contributed by atoms with Crippen molar-refractivity contribution in [3.8, 4) is 0 Å². The van der Waals surface area contributed by atoms with Crippen LogP contribution in [0.15, 0.2) is 69.1 Å². The van der Waals surface area contributed by atoms with Gasteiger partial charge in [0.25, 0.3) is 5.56 Å². The van der Waals surface area contributed by atoms with Crippen LogP contribution in [0.5, 0.6) is 0 Å². The zero-order valence-electron chi connectivity index (χ0n) is 19.8. The molecule has 0 saturated heterocycles. The number of methoxy groups -OCH3 is 1. The largest absolute Gasteiger partial charge is 0.469 e. The number of hydrogen-bond donors (Lipinski definition) is 1. The molecule has 10 heteroatoms. The molecule has 1 atom stereocenters. The number of fused-ring (bicyclic) bond motifs is 1. The molecule has 3 heterocycles. The van der Waals surface area contributed by atoms with Gasteiger partial charge in [0.15, 0.2) is 11.2 Å². The van der Waals surface area contributed by atoms with Crippen LogP contribution in [0.25, 0.3) is 11.2 Å². The third-order valence-corrected chi connectivity index (χ3v) is 5.82. The van der Waals surface area contributed by atoms with Crippen molar-refractivity contribution in [3.05, 3.63) is 87.2 Å². The summed E-state index contributed by atoms with van der Waals surface area (Å²) in [6, 6.07) is 13.0. The Bertz CT molecular complexity index is 1390. The van der Waals surface area contributed by atoms with Crippen LogP contribution in [0.2, 0.25) is 0 Å². The molecule has 0 fully saturated rings. The Labute approximate surface area is 201 Å². The predicted molar refractivity (Wildman–Crippen MR) is 130 cm³/mol. The quantitative estimate of drug-likeness (QED) is 0.351. The first-order chi connectivity index (χ1) is 17.0. The number of furan rings is 1. The van der Waals surface area contributed by atoms with Gasteiger partial charge < -0.3 is 19.0 Å². The Hall–Kier alpha value is -3.92. The van der Waals surface area contributed by atoms with Crippen molar-refractivity contribution in [2.24, 2.45) is 0 Å². The van der Waals surface area contributed by atoms with Gasteiger partial charge >= 0.3 is 5.69 Å². The summed E-state index contributed by atoms with van der Waals surface area (Å²) < 4.78 is 14.5. The highest BCUT2D eigenvalue weighted by molar-refractivity contribution is 5.77. The second kappa shape index (κ2) is 11.0. The number of amides is 1. The number of ether oxygens (including phenoxy) is 1. The molecule has 0 spiro atoms. The standard InChI is InChI=1S/C25H29N5O5/c1-18(10-11-20-9-6-13-35-20)27-21(31)16-30-24(32)22-23(26-17-28(22)12-14-34-2)29(25(30)33)15-19-7-4-3-5-8-19/h3-9,13,17-18H,10-12,14-16H2,1-2H3,(H,27,31). The molecule has 0 aliphatic rings. The van der Waals surface area contributed by atoms with Crippen LogP contribution < -0.4 is 16.6 Å². The predicted octanol–water partition coefficient (Wildman–Crippen LogP) is 1.78. The maximum absolute atomic E-state index is 13.4. The maximum Gasteiger partial charge on any atom is 0.333 e. The second-order valence-corrected chi connectivity index (χ2v) is 8.44. The zero-order valence-corrected chi connectivity index (χ0v) is 19.8. The zero-order chi connectivity index (χ0) is 24.8. The van der Waals surface area contributed by atoms with E-state index in [9.17, 15) is 14.4 Å². The lowest BCUT2D eigenvalue weighted by Crippen LogP contribution is -2.45. The molecule has 0 saturated carbocycles. The van der Waals surface area contributed by atoms with Gasteiger partial charge in [0.2, 0.25) is 5.91 Å². The molecule has 1 amide bonds. The van der Waals surface area contributed by atoms with Gasteiger partial charge in [0.05, 0.1) is 25.7 Å². The van der Waals surface area contributed by atoms with Crippen molar-refractivity contribution >= 4 is 17.1 Å².